The molecule has 2 aromatic heterocycles. The van der Waals surface area contributed by atoms with Gasteiger partial charge in [0.15, 0.2) is 0 Å². The molecular formula is C22H24N4O3. The number of nitrogens with zero attached hydrogens (tertiary/aromatic N) is 3. The summed E-state index contributed by atoms with van der Waals surface area (Å²) in [6.07, 6.45) is 5.17. The predicted octanol–water partition coefficient (Wildman–Crippen LogP) is 2.50. The standard InChI is InChI=1S/C22H24N4O3/c1-16(27)22-24-12-13-26(22)15-18-14-21(29-25-18)7-4-17-2-5-19(6-3-17)28-20-8-10-23-11-9-20/h2-3,5-6,12-14,16,20,23,27H,8-11,15H2,1H3/t16-/m0/s1. The van der Waals surface area contributed by atoms with E-state index in [4.69, 9.17) is 9.26 Å². The van der Waals surface area contributed by atoms with E-state index in [0.717, 1.165) is 42.9 Å². The Morgan fingerprint density at radius 3 is 2.83 bits per heavy atom. The van der Waals surface area contributed by atoms with Crippen LogP contribution in [0, 0.1) is 11.8 Å². The van der Waals surface area contributed by atoms with Crippen LogP contribution in [0.25, 0.3) is 0 Å². The lowest BCUT2D eigenvalue weighted by Crippen LogP contribution is -2.34. The molecule has 1 fully saturated rings. The molecule has 3 aromatic rings. The molecule has 0 radical (unpaired) electrons. The third-order valence-electron chi connectivity index (χ3n) is 4.79. The summed E-state index contributed by atoms with van der Waals surface area (Å²) < 4.78 is 13.2. The summed E-state index contributed by atoms with van der Waals surface area (Å²) in [5.41, 5.74) is 1.60. The molecule has 1 saturated heterocycles. The number of aliphatic hydroxyl groups is 1. The molecule has 0 spiro atoms. The fourth-order valence-corrected chi connectivity index (χ4v) is 3.30. The van der Waals surface area contributed by atoms with Gasteiger partial charge in [0.2, 0.25) is 5.76 Å². The first kappa shape index (κ1) is 19.2. The van der Waals surface area contributed by atoms with E-state index in [0.29, 0.717) is 18.1 Å². The summed E-state index contributed by atoms with van der Waals surface area (Å²) in [4.78, 5) is 4.15. The maximum Gasteiger partial charge on any atom is 0.210 e. The van der Waals surface area contributed by atoms with Crippen molar-refractivity contribution in [2.75, 3.05) is 13.1 Å². The van der Waals surface area contributed by atoms with Crippen molar-refractivity contribution >= 4 is 0 Å². The largest absolute Gasteiger partial charge is 0.490 e. The smallest absolute Gasteiger partial charge is 0.210 e. The van der Waals surface area contributed by atoms with E-state index in [9.17, 15) is 5.11 Å². The Morgan fingerprint density at radius 2 is 2.07 bits per heavy atom. The van der Waals surface area contributed by atoms with Gasteiger partial charge < -0.3 is 24.3 Å². The van der Waals surface area contributed by atoms with Crippen LogP contribution >= 0.6 is 0 Å². The summed E-state index contributed by atoms with van der Waals surface area (Å²) in [6, 6.07) is 9.60. The van der Waals surface area contributed by atoms with Crippen LogP contribution in [0.5, 0.6) is 5.75 Å². The van der Waals surface area contributed by atoms with Crippen LogP contribution < -0.4 is 10.1 Å². The summed E-state index contributed by atoms with van der Waals surface area (Å²) in [7, 11) is 0. The monoisotopic (exact) mass is 392 g/mol. The van der Waals surface area contributed by atoms with Gasteiger partial charge >= 0.3 is 0 Å². The number of imidazole rings is 1. The minimum Gasteiger partial charge on any atom is -0.490 e. The van der Waals surface area contributed by atoms with Crippen molar-refractivity contribution in [3.63, 3.8) is 0 Å². The Hall–Kier alpha value is -3.08. The Morgan fingerprint density at radius 1 is 1.28 bits per heavy atom. The zero-order chi connectivity index (χ0) is 20.1. The second kappa shape index (κ2) is 8.95. The van der Waals surface area contributed by atoms with Crippen LogP contribution in [0.1, 0.15) is 48.7 Å². The van der Waals surface area contributed by atoms with Crippen molar-refractivity contribution in [2.24, 2.45) is 0 Å². The average Bonchev–Trinajstić information content (AvgIpc) is 3.38. The lowest BCUT2D eigenvalue weighted by Gasteiger charge is -2.23. The lowest BCUT2D eigenvalue weighted by atomic mass is 10.1. The molecule has 150 valence electrons. The van der Waals surface area contributed by atoms with Crippen molar-refractivity contribution in [1.82, 2.24) is 20.0 Å². The molecule has 3 heterocycles. The van der Waals surface area contributed by atoms with Gasteiger partial charge in [0, 0.05) is 24.0 Å². The number of nitrogens with one attached hydrogen (secondary N) is 1. The molecule has 1 atom stereocenters. The highest BCUT2D eigenvalue weighted by Gasteiger charge is 2.14. The highest BCUT2D eigenvalue weighted by Crippen LogP contribution is 2.17. The third-order valence-corrected chi connectivity index (χ3v) is 4.79. The first-order valence-corrected chi connectivity index (χ1v) is 9.81. The highest BCUT2D eigenvalue weighted by molar-refractivity contribution is 5.41. The number of aromatic nitrogens is 3. The van der Waals surface area contributed by atoms with Crippen LogP contribution in [0.3, 0.4) is 0 Å². The third kappa shape index (κ3) is 5.05. The normalized spacial score (nSPS) is 15.5. The molecule has 1 aromatic carbocycles. The molecule has 1 aliphatic rings. The quantitative estimate of drug-likeness (QED) is 0.649. The van der Waals surface area contributed by atoms with Gasteiger partial charge in [-0.25, -0.2) is 4.98 Å². The molecule has 29 heavy (non-hydrogen) atoms. The van der Waals surface area contributed by atoms with Crippen LogP contribution in [0.4, 0.5) is 0 Å². The van der Waals surface area contributed by atoms with Gasteiger partial charge in [0.25, 0.3) is 0 Å². The van der Waals surface area contributed by atoms with Crippen molar-refractivity contribution in [3.05, 3.63) is 65.6 Å². The molecule has 4 rings (SSSR count). The van der Waals surface area contributed by atoms with E-state index in [1.54, 1.807) is 25.4 Å². The minimum absolute atomic E-state index is 0.283. The lowest BCUT2D eigenvalue weighted by molar-refractivity contribution is 0.162. The fraction of sp³-hybridized carbons (Fsp3) is 0.364. The zero-order valence-corrected chi connectivity index (χ0v) is 16.3. The number of hydrogen-bond donors (Lipinski definition) is 2. The number of ether oxygens (including phenoxy) is 1. The first-order valence-electron chi connectivity index (χ1n) is 9.81. The van der Waals surface area contributed by atoms with Gasteiger partial charge in [-0.3, -0.25) is 0 Å². The second-order valence-electron chi connectivity index (χ2n) is 7.11. The van der Waals surface area contributed by atoms with Gasteiger partial charge in [-0.1, -0.05) is 11.1 Å². The first-order chi connectivity index (χ1) is 14.2. The van der Waals surface area contributed by atoms with E-state index in [1.807, 2.05) is 28.8 Å². The number of rotatable bonds is 5. The Labute approximate surface area is 169 Å². The topological polar surface area (TPSA) is 85.3 Å². The Kier molecular flexibility index (Phi) is 5.94. The molecule has 0 saturated carbocycles. The van der Waals surface area contributed by atoms with Crippen LogP contribution in [0.15, 0.2) is 47.2 Å². The van der Waals surface area contributed by atoms with E-state index < -0.39 is 6.10 Å². The summed E-state index contributed by atoms with van der Waals surface area (Å²) in [5, 5.41) is 17.1. The number of benzene rings is 1. The average molecular weight is 392 g/mol. The molecule has 0 amide bonds. The summed E-state index contributed by atoms with van der Waals surface area (Å²) in [5.74, 6) is 8.04. The summed E-state index contributed by atoms with van der Waals surface area (Å²) in [6.45, 7) is 4.17. The number of aliphatic hydroxyl groups excluding tert-OH is 1. The number of piperidine rings is 1. The summed E-state index contributed by atoms with van der Waals surface area (Å²) >= 11 is 0. The van der Waals surface area contributed by atoms with E-state index in [1.165, 1.54) is 0 Å². The predicted molar refractivity (Wildman–Crippen MR) is 107 cm³/mol. The Balaban J connectivity index is 1.37. The maximum absolute atomic E-state index is 9.74. The molecule has 2 N–H and O–H groups in total. The molecule has 0 aliphatic carbocycles. The van der Waals surface area contributed by atoms with Crippen LogP contribution in [-0.2, 0) is 6.54 Å². The van der Waals surface area contributed by atoms with Gasteiger partial charge in [0.1, 0.15) is 29.5 Å². The van der Waals surface area contributed by atoms with Gasteiger partial charge in [-0.2, -0.15) is 0 Å². The Bertz CT molecular complexity index is 989. The number of hydrogen-bond acceptors (Lipinski definition) is 6. The minimum atomic E-state index is -0.641. The van der Waals surface area contributed by atoms with Crippen molar-refractivity contribution in [3.8, 4) is 17.6 Å². The molecule has 7 heteroatoms. The van der Waals surface area contributed by atoms with Gasteiger partial charge in [-0.15, -0.1) is 0 Å². The molecule has 0 unspecified atom stereocenters. The van der Waals surface area contributed by atoms with E-state index in [-0.39, 0.29) is 6.10 Å². The van der Waals surface area contributed by atoms with Crippen molar-refractivity contribution < 1.29 is 14.4 Å². The molecule has 1 aliphatic heterocycles. The van der Waals surface area contributed by atoms with Crippen LogP contribution in [-0.4, -0.2) is 39.0 Å². The van der Waals surface area contributed by atoms with E-state index >= 15 is 0 Å². The van der Waals surface area contributed by atoms with Crippen molar-refractivity contribution in [2.45, 2.75) is 38.5 Å². The van der Waals surface area contributed by atoms with Crippen LogP contribution in [0.2, 0.25) is 0 Å². The molecular weight excluding hydrogens is 368 g/mol. The maximum atomic E-state index is 9.74. The molecule has 0 bridgehead atoms. The fourth-order valence-electron chi connectivity index (χ4n) is 3.30. The SMILES string of the molecule is C[C@H](O)c1nccn1Cc1cc(C#Cc2ccc(OC3CCNCC3)cc2)on1. The second-order valence-corrected chi connectivity index (χ2v) is 7.11. The zero-order valence-electron chi connectivity index (χ0n) is 16.3. The van der Waals surface area contributed by atoms with Gasteiger partial charge in [-0.05, 0) is 63.0 Å². The van der Waals surface area contributed by atoms with Crippen molar-refractivity contribution in [1.29, 1.82) is 0 Å². The van der Waals surface area contributed by atoms with E-state index in [2.05, 4.69) is 27.3 Å². The highest BCUT2D eigenvalue weighted by atomic mass is 16.5. The van der Waals surface area contributed by atoms with Gasteiger partial charge in [0.05, 0.1) is 6.54 Å². The molecule has 7 nitrogen and oxygen atoms in total.